The number of hydrogen-bond donors (Lipinski definition) is 2. The average molecular weight is 205 g/mol. The van der Waals surface area contributed by atoms with E-state index in [9.17, 15) is 0 Å². The normalized spacial score (nSPS) is 24.7. The Balaban J connectivity index is 2.25. The minimum absolute atomic E-state index is 0.314. The monoisotopic (exact) mass is 205 g/mol. The fourth-order valence-corrected chi connectivity index (χ4v) is 1.75. The van der Waals surface area contributed by atoms with Gasteiger partial charge in [0.15, 0.2) is 0 Å². The van der Waals surface area contributed by atoms with E-state index < -0.39 is 0 Å². The SMILES string of the molecule is CCC1(C)CNc2ccc(C)nc2NC1. The summed E-state index contributed by atoms with van der Waals surface area (Å²) in [5.41, 5.74) is 2.50. The number of rotatable bonds is 1. The third-order valence-corrected chi connectivity index (χ3v) is 3.28. The lowest BCUT2D eigenvalue weighted by molar-refractivity contribution is 0.360. The number of nitrogens with zero attached hydrogens (tertiary/aromatic N) is 1. The van der Waals surface area contributed by atoms with Crippen LogP contribution < -0.4 is 10.6 Å². The highest BCUT2D eigenvalue weighted by Gasteiger charge is 2.25. The van der Waals surface area contributed by atoms with Crippen molar-refractivity contribution in [2.24, 2.45) is 5.41 Å². The second kappa shape index (κ2) is 3.72. The highest BCUT2D eigenvalue weighted by atomic mass is 15.1. The molecule has 0 aliphatic carbocycles. The van der Waals surface area contributed by atoms with Gasteiger partial charge in [-0.3, -0.25) is 0 Å². The molecule has 0 amide bonds. The maximum atomic E-state index is 4.50. The Kier molecular flexibility index (Phi) is 2.55. The first-order valence-corrected chi connectivity index (χ1v) is 5.58. The number of aryl methyl sites for hydroxylation is 1. The third-order valence-electron chi connectivity index (χ3n) is 3.28. The van der Waals surface area contributed by atoms with Gasteiger partial charge in [0.05, 0.1) is 5.69 Å². The van der Waals surface area contributed by atoms with Gasteiger partial charge in [-0.15, -0.1) is 0 Å². The molecule has 2 heterocycles. The molecule has 3 nitrogen and oxygen atoms in total. The molecule has 0 saturated carbocycles. The van der Waals surface area contributed by atoms with Crippen LogP contribution in [0.4, 0.5) is 11.5 Å². The molecule has 3 heteroatoms. The first kappa shape index (κ1) is 10.3. The smallest absolute Gasteiger partial charge is 0.149 e. The minimum atomic E-state index is 0.314. The summed E-state index contributed by atoms with van der Waals surface area (Å²) >= 11 is 0. The van der Waals surface area contributed by atoms with E-state index in [-0.39, 0.29) is 0 Å². The van der Waals surface area contributed by atoms with Gasteiger partial charge in [-0.25, -0.2) is 4.98 Å². The number of anilines is 2. The van der Waals surface area contributed by atoms with Crippen LogP contribution in [0.5, 0.6) is 0 Å². The zero-order valence-corrected chi connectivity index (χ0v) is 9.72. The molecule has 0 fully saturated rings. The van der Waals surface area contributed by atoms with Crippen LogP contribution in [0.2, 0.25) is 0 Å². The molecular formula is C12H19N3. The lowest BCUT2D eigenvalue weighted by Gasteiger charge is -2.25. The van der Waals surface area contributed by atoms with Crippen LogP contribution in [0.25, 0.3) is 0 Å². The molecule has 2 rings (SSSR count). The molecule has 82 valence electrons. The molecule has 1 atom stereocenters. The van der Waals surface area contributed by atoms with Crippen molar-refractivity contribution in [1.82, 2.24) is 4.98 Å². The summed E-state index contributed by atoms with van der Waals surface area (Å²) in [5, 5.41) is 6.90. The van der Waals surface area contributed by atoms with E-state index in [2.05, 4.69) is 35.5 Å². The Morgan fingerprint density at radius 1 is 1.33 bits per heavy atom. The van der Waals surface area contributed by atoms with Crippen LogP contribution in [-0.2, 0) is 0 Å². The highest BCUT2D eigenvalue weighted by molar-refractivity contribution is 5.65. The molecule has 15 heavy (non-hydrogen) atoms. The van der Waals surface area contributed by atoms with Crippen molar-refractivity contribution in [3.63, 3.8) is 0 Å². The van der Waals surface area contributed by atoms with Gasteiger partial charge in [0, 0.05) is 24.2 Å². The van der Waals surface area contributed by atoms with Crippen LogP contribution in [0.1, 0.15) is 26.0 Å². The molecule has 0 radical (unpaired) electrons. The fourth-order valence-electron chi connectivity index (χ4n) is 1.75. The number of pyridine rings is 1. The van der Waals surface area contributed by atoms with E-state index in [1.807, 2.05) is 13.0 Å². The molecular weight excluding hydrogens is 186 g/mol. The first-order chi connectivity index (χ1) is 7.13. The van der Waals surface area contributed by atoms with Gasteiger partial charge in [-0.1, -0.05) is 13.8 Å². The van der Waals surface area contributed by atoms with Crippen LogP contribution in [-0.4, -0.2) is 18.1 Å². The highest BCUT2D eigenvalue weighted by Crippen LogP contribution is 2.29. The van der Waals surface area contributed by atoms with Crippen LogP contribution in [0.15, 0.2) is 12.1 Å². The molecule has 0 saturated heterocycles. The number of nitrogens with one attached hydrogen (secondary N) is 2. The fraction of sp³-hybridized carbons (Fsp3) is 0.583. The lowest BCUT2D eigenvalue weighted by Crippen LogP contribution is -2.30. The van der Waals surface area contributed by atoms with Crippen LogP contribution >= 0.6 is 0 Å². The summed E-state index contributed by atoms with van der Waals surface area (Å²) in [6, 6.07) is 4.15. The summed E-state index contributed by atoms with van der Waals surface area (Å²) in [4.78, 5) is 4.50. The molecule has 0 aromatic carbocycles. The Bertz CT molecular complexity index is 362. The Labute approximate surface area is 91.3 Å². The van der Waals surface area contributed by atoms with Crippen molar-refractivity contribution in [1.29, 1.82) is 0 Å². The third kappa shape index (κ3) is 2.06. The summed E-state index contributed by atoms with van der Waals surface area (Å²) in [6.45, 7) is 8.55. The van der Waals surface area contributed by atoms with Gasteiger partial charge in [-0.2, -0.15) is 0 Å². The molecule has 0 spiro atoms. The van der Waals surface area contributed by atoms with E-state index in [0.717, 1.165) is 30.3 Å². The van der Waals surface area contributed by atoms with E-state index >= 15 is 0 Å². The van der Waals surface area contributed by atoms with Crippen molar-refractivity contribution >= 4 is 11.5 Å². The van der Waals surface area contributed by atoms with Crippen molar-refractivity contribution in [3.05, 3.63) is 17.8 Å². The number of aromatic nitrogens is 1. The Morgan fingerprint density at radius 2 is 2.07 bits per heavy atom. The predicted molar refractivity (Wildman–Crippen MR) is 64.4 cm³/mol. The maximum absolute atomic E-state index is 4.50. The lowest BCUT2D eigenvalue weighted by atomic mass is 9.88. The van der Waals surface area contributed by atoms with Crippen molar-refractivity contribution in [3.8, 4) is 0 Å². The van der Waals surface area contributed by atoms with E-state index in [0.29, 0.717) is 5.41 Å². The molecule has 1 unspecified atom stereocenters. The van der Waals surface area contributed by atoms with Crippen LogP contribution in [0.3, 0.4) is 0 Å². The number of hydrogen-bond acceptors (Lipinski definition) is 3. The summed E-state index contributed by atoms with van der Waals surface area (Å²) in [7, 11) is 0. The molecule has 0 bridgehead atoms. The molecule has 1 aliphatic heterocycles. The van der Waals surface area contributed by atoms with E-state index in [1.165, 1.54) is 6.42 Å². The summed E-state index contributed by atoms with van der Waals surface area (Å²) in [5.74, 6) is 0.993. The Morgan fingerprint density at radius 3 is 2.80 bits per heavy atom. The van der Waals surface area contributed by atoms with Gasteiger partial charge in [-0.05, 0) is 25.5 Å². The standard InChI is InChI=1S/C12H19N3/c1-4-12(3)7-13-10-6-5-9(2)15-11(10)14-8-12/h5-6,13H,4,7-8H2,1-3H3,(H,14,15). The topological polar surface area (TPSA) is 37.0 Å². The van der Waals surface area contributed by atoms with Crippen molar-refractivity contribution < 1.29 is 0 Å². The maximum Gasteiger partial charge on any atom is 0.149 e. The second-order valence-electron chi connectivity index (χ2n) is 4.72. The summed E-state index contributed by atoms with van der Waals surface area (Å²) in [6.07, 6.45) is 1.17. The second-order valence-corrected chi connectivity index (χ2v) is 4.72. The van der Waals surface area contributed by atoms with Gasteiger partial charge >= 0.3 is 0 Å². The van der Waals surface area contributed by atoms with E-state index in [1.54, 1.807) is 0 Å². The minimum Gasteiger partial charge on any atom is -0.381 e. The molecule has 1 aromatic rings. The van der Waals surface area contributed by atoms with Crippen molar-refractivity contribution in [2.75, 3.05) is 23.7 Å². The molecule has 1 aliphatic rings. The zero-order valence-electron chi connectivity index (χ0n) is 9.72. The first-order valence-electron chi connectivity index (χ1n) is 5.58. The summed E-state index contributed by atoms with van der Waals surface area (Å²) < 4.78 is 0. The Hall–Kier alpha value is -1.25. The van der Waals surface area contributed by atoms with E-state index in [4.69, 9.17) is 0 Å². The quantitative estimate of drug-likeness (QED) is 0.740. The largest absolute Gasteiger partial charge is 0.381 e. The van der Waals surface area contributed by atoms with Crippen molar-refractivity contribution in [2.45, 2.75) is 27.2 Å². The van der Waals surface area contributed by atoms with Gasteiger partial charge in [0.2, 0.25) is 0 Å². The van der Waals surface area contributed by atoms with Gasteiger partial charge < -0.3 is 10.6 Å². The van der Waals surface area contributed by atoms with Crippen LogP contribution in [0, 0.1) is 12.3 Å². The molecule has 1 aromatic heterocycles. The van der Waals surface area contributed by atoms with Gasteiger partial charge in [0.25, 0.3) is 0 Å². The number of fused-ring (bicyclic) bond motifs is 1. The average Bonchev–Trinajstić information content (AvgIpc) is 2.40. The molecule has 2 N–H and O–H groups in total. The van der Waals surface area contributed by atoms with Gasteiger partial charge in [0.1, 0.15) is 5.82 Å². The zero-order chi connectivity index (χ0) is 10.9. The predicted octanol–water partition coefficient (Wildman–Crippen LogP) is 2.64.